The molecule has 2 rings (SSSR count). The molecule has 0 aliphatic rings. The first-order valence-corrected chi connectivity index (χ1v) is 8.14. The Morgan fingerprint density at radius 3 is 2.20 bits per heavy atom. The molecule has 3 N–H and O–H groups in total. The van der Waals surface area contributed by atoms with Crippen molar-refractivity contribution in [2.75, 3.05) is 19.7 Å². The number of halogens is 1. The molecule has 0 saturated carbocycles. The van der Waals surface area contributed by atoms with Crippen LogP contribution < -0.4 is 20.5 Å². The number of benzene rings is 2. The molecule has 0 radical (unpaired) electrons. The highest BCUT2D eigenvalue weighted by Crippen LogP contribution is 2.18. The standard InChI is InChI=1S/C19H24N2O3.ClH/c20-12-4-5-13-21-19(22)15-24-18-10-8-17(9-11-18)23-14-16-6-2-1-3-7-16;/h1-3,6-11H,4-5,12-15,20H2,(H,21,22);1H. The van der Waals surface area contributed by atoms with Crippen LogP contribution in [0.3, 0.4) is 0 Å². The van der Waals surface area contributed by atoms with Crippen LogP contribution in [0.2, 0.25) is 0 Å². The van der Waals surface area contributed by atoms with Gasteiger partial charge < -0.3 is 20.5 Å². The van der Waals surface area contributed by atoms with Gasteiger partial charge in [-0.25, -0.2) is 0 Å². The van der Waals surface area contributed by atoms with Gasteiger partial charge in [-0.3, -0.25) is 4.79 Å². The highest BCUT2D eigenvalue weighted by molar-refractivity contribution is 5.85. The summed E-state index contributed by atoms with van der Waals surface area (Å²) in [4.78, 5) is 11.6. The molecule has 25 heavy (non-hydrogen) atoms. The Labute approximate surface area is 154 Å². The monoisotopic (exact) mass is 364 g/mol. The number of unbranched alkanes of at least 4 members (excludes halogenated alkanes) is 1. The molecule has 6 heteroatoms. The van der Waals surface area contributed by atoms with E-state index in [0.29, 0.717) is 25.4 Å². The van der Waals surface area contributed by atoms with Crippen LogP contribution >= 0.6 is 12.4 Å². The molecule has 0 aromatic heterocycles. The normalized spacial score (nSPS) is 9.80. The molecule has 5 nitrogen and oxygen atoms in total. The summed E-state index contributed by atoms with van der Waals surface area (Å²) in [6.07, 6.45) is 1.79. The molecule has 0 saturated heterocycles. The lowest BCUT2D eigenvalue weighted by atomic mass is 10.2. The highest BCUT2D eigenvalue weighted by Gasteiger charge is 2.03. The van der Waals surface area contributed by atoms with Crippen molar-refractivity contribution in [1.29, 1.82) is 0 Å². The molecular weight excluding hydrogens is 340 g/mol. The van der Waals surface area contributed by atoms with Crippen molar-refractivity contribution in [2.24, 2.45) is 5.73 Å². The van der Waals surface area contributed by atoms with E-state index >= 15 is 0 Å². The van der Waals surface area contributed by atoms with Gasteiger partial charge in [0.25, 0.3) is 5.91 Å². The fourth-order valence-corrected chi connectivity index (χ4v) is 2.07. The third kappa shape index (κ3) is 8.42. The van der Waals surface area contributed by atoms with Crippen molar-refractivity contribution in [3.05, 3.63) is 60.2 Å². The zero-order valence-electron chi connectivity index (χ0n) is 14.1. The predicted molar refractivity (Wildman–Crippen MR) is 101 cm³/mol. The van der Waals surface area contributed by atoms with Crippen molar-refractivity contribution in [1.82, 2.24) is 5.32 Å². The summed E-state index contributed by atoms with van der Waals surface area (Å²) in [6.45, 7) is 1.80. The van der Waals surface area contributed by atoms with Gasteiger partial charge in [0.05, 0.1) is 0 Å². The summed E-state index contributed by atoms with van der Waals surface area (Å²) < 4.78 is 11.2. The van der Waals surface area contributed by atoms with Crippen molar-refractivity contribution >= 4 is 18.3 Å². The summed E-state index contributed by atoms with van der Waals surface area (Å²) in [7, 11) is 0. The van der Waals surface area contributed by atoms with Crippen LogP contribution in [0.4, 0.5) is 0 Å². The lowest BCUT2D eigenvalue weighted by Gasteiger charge is -2.09. The number of carbonyl (C=O) groups excluding carboxylic acids is 1. The van der Waals surface area contributed by atoms with Crippen LogP contribution in [-0.4, -0.2) is 25.6 Å². The van der Waals surface area contributed by atoms with Crippen LogP contribution in [0, 0.1) is 0 Å². The Morgan fingerprint density at radius 1 is 0.920 bits per heavy atom. The third-order valence-electron chi connectivity index (χ3n) is 3.40. The largest absolute Gasteiger partial charge is 0.489 e. The minimum Gasteiger partial charge on any atom is -0.489 e. The Balaban J connectivity index is 0.00000312. The Hall–Kier alpha value is -2.24. The fourth-order valence-electron chi connectivity index (χ4n) is 2.07. The van der Waals surface area contributed by atoms with Crippen LogP contribution in [0.5, 0.6) is 11.5 Å². The molecule has 0 bridgehead atoms. The number of hydrogen-bond acceptors (Lipinski definition) is 4. The van der Waals surface area contributed by atoms with Crippen LogP contribution in [0.1, 0.15) is 18.4 Å². The smallest absolute Gasteiger partial charge is 0.257 e. The van der Waals surface area contributed by atoms with E-state index in [4.69, 9.17) is 15.2 Å². The number of rotatable bonds is 10. The van der Waals surface area contributed by atoms with E-state index in [1.165, 1.54) is 0 Å². The van der Waals surface area contributed by atoms with Gasteiger partial charge in [0.1, 0.15) is 18.1 Å². The summed E-state index contributed by atoms with van der Waals surface area (Å²) in [5.74, 6) is 1.27. The average molecular weight is 365 g/mol. The summed E-state index contributed by atoms with van der Waals surface area (Å²) >= 11 is 0. The fraction of sp³-hybridized carbons (Fsp3) is 0.316. The van der Waals surface area contributed by atoms with Gasteiger partial charge >= 0.3 is 0 Å². The molecule has 0 unspecified atom stereocenters. The highest BCUT2D eigenvalue weighted by atomic mass is 35.5. The van der Waals surface area contributed by atoms with E-state index in [1.807, 2.05) is 42.5 Å². The first-order valence-electron chi connectivity index (χ1n) is 8.14. The van der Waals surface area contributed by atoms with E-state index in [9.17, 15) is 4.79 Å². The van der Waals surface area contributed by atoms with Gasteiger partial charge in [0, 0.05) is 6.54 Å². The molecule has 2 aromatic carbocycles. The van der Waals surface area contributed by atoms with Gasteiger partial charge in [-0.2, -0.15) is 0 Å². The first kappa shape index (κ1) is 20.8. The second kappa shape index (κ2) is 12.2. The molecule has 0 heterocycles. The van der Waals surface area contributed by atoms with Crippen molar-refractivity contribution < 1.29 is 14.3 Å². The lowest BCUT2D eigenvalue weighted by Crippen LogP contribution is -2.29. The quantitative estimate of drug-likeness (QED) is 0.636. The molecule has 0 atom stereocenters. The average Bonchev–Trinajstić information content (AvgIpc) is 2.63. The molecule has 0 aliphatic carbocycles. The van der Waals surface area contributed by atoms with Crippen molar-refractivity contribution in [3.8, 4) is 11.5 Å². The third-order valence-corrected chi connectivity index (χ3v) is 3.40. The number of hydrogen-bond donors (Lipinski definition) is 2. The van der Waals surface area contributed by atoms with Gasteiger partial charge in [-0.1, -0.05) is 30.3 Å². The molecule has 136 valence electrons. The molecule has 1 amide bonds. The molecule has 0 spiro atoms. The van der Waals surface area contributed by atoms with Crippen LogP contribution in [0.25, 0.3) is 0 Å². The number of nitrogens with one attached hydrogen (secondary N) is 1. The zero-order valence-corrected chi connectivity index (χ0v) is 15.0. The van der Waals surface area contributed by atoms with Crippen molar-refractivity contribution in [3.63, 3.8) is 0 Å². The Bertz CT molecular complexity index is 606. The van der Waals surface area contributed by atoms with E-state index < -0.39 is 0 Å². The second-order valence-corrected chi connectivity index (χ2v) is 5.38. The Kier molecular flexibility index (Phi) is 10.1. The van der Waals surface area contributed by atoms with Crippen molar-refractivity contribution in [2.45, 2.75) is 19.4 Å². The van der Waals surface area contributed by atoms with E-state index in [-0.39, 0.29) is 24.9 Å². The van der Waals surface area contributed by atoms with Gasteiger partial charge in [-0.15, -0.1) is 12.4 Å². The Morgan fingerprint density at radius 2 is 1.56 bits per heavy atom. The molecule has 0 fully saturated rings. The van der Waals surface area contributed by atoms with Gasteiger partial charge in [-0.05, 0) is 49.2 Å². The van der Waals surface area contributed by atoms with E-state index in [0.717, 1.165) is 24.2 Å². The zero-order chi connectivity index (χ0) is 17.0. The first-order chi connectivity index (χ1) is 11.8. The van der Waals surface area contributed by atoms with Gasteiger partial charge in [0.2, 0.25) is 0 Å². The predicted octanol–water partition coefficient (Wildman–Crippen LogP) is 2.92. The summed E-state index contributed by atoms with van der Waals surface area (Å²) in [5.41, 5.74) is 6.51. The maximum Gasteiger partial charge on any atom is 0.257 e. The van der Waals surface area contributed by atoms with E-state index in [1.54, 1.807) is 12.1 Å². The molecular formula is C19H25ClN2O3. The topological polar surface area (TPSA) is 73.6 Å². The number of amides is 1. The van der Waals surface area contributed by atoms with Gasteiger partial charge in [0.15, 0.2) is 6.61 Å². The SMILES string of the molecule is Cl.NCCCCNC(=O)COc1ccc(OCc2ccccc2)cc1. The second-order valence-electron chi connectivity index (χ2n) is 5.38. The summed E-state index contributed by atoms with van der Waals surface area (Å²) in [6, 6.07) is 17.2. The van der Waals surface area contributed by atoms with Crippen LogP contribution in [-0.2, 0) is 11.4 Å². The summed E-state index contributed by atoms with van der Waals surface area (Å²) in [5, 5.41) is 2.79. The maximum atomic E-state index is 11.6. The molecule has 2 aromatic rings. The number of nitrogens with two attached hydrogens (primary N) is 1. The van der Waals surface area contributed by atoms with E-state index in [2.05, 4.69) is 5.32 Å². The number of ether oxygens (including phenoxy) is 2. The lowest BCUT2D eigenvalue weighted by molar-refractivity contribution is -0.123. The minimum atomic E-state index is -0.128. The number of carbonyl (C=O) groups is 1. The molecule has 0 aliphatic heterocycles. The maximum absolute atomic E-state index is 11.6. The minimum absolute atomic E-state index is 0. The van der Waals surface area contributed by atoms with Crippen LogP contribution in [0.15, 0.2) is 54.6 Å².